The maximum absolute atomic E-state index is 12.7. The van der Waals surface area contributed by atoms with E-state index in [2.05, 4.69) is 6.92 Å². The minimum atomic E-state index is -0.790. The number of hydrogen-bond donors (Lipinski definition) is 0. The number of rotatable bonds is 18. The van der Waals surface area contributed by atoms with Crippen molar-refractivity contribution in [3.63, 3.8) is 0 Å². The highest BCUT2D eigenvalue weighted by Gasteiger charge is 2.57. The van der Waals surface area contributed by atoms with Gasteiger partial charge in [0.2, 0.25) is 0 Å². The highest BCUT2D eigenvalue weighted by molar-refractivity contribution is 5.69. The van der Waals surface area contributed by atoms with Gasteiger partial charge in [0.25, 0.3) is 0 Å². The van der Waals surface area contributed by atoms with Gasteiger partial charge in [-0.25, -0.2) is 0 Å². The lowest BCUT2D eigenvalue weighted by Gasteiger charge is -2.57. The van der Waals surface area contributed by atoms with Crippen LogP contribution in [0.1, 0.15) is 80.1 Å². The number of esters is 1. The van der Waals surface area contributed by atoms with Crippen molar-refractivity contribution in [1.29, 1.82) is 0 Å². The Labute approximate surface area is 229 Å². The van der Waals surface area contributed by atoms with Crippen molar-refractivity contribution < 1.29 is 43.2 Å². The summed E-state index contributed by atoms with van der Waals surface area (Å²) >= 11 is 0. The molecule has 0 aliphatic carbocycles. The van der Waals surface area contributed by atoms with Crippen LogP contribution in [0.15, 0.2) is 0 Å². The molecule has 0 amide bonds. The Morgan fingerprint density at radius 3 is 1.71 bits per heavy atom. The van der Waals surface area contributed by atoms with Gasteiger partial charge in [0.1, 0.15) is 6.61 Å². The number of unbranched alkanes of at least 4 members (excludes halogenated alkanes) is 1. The smallest absolute Gasteiger partial charge is 0.308 e. The highest BCUT2D eigenvalue weighted by Crippen LogP contribution is 2.48. The molecule has 1 radical (unpaired) electrons. The lowest BCUT2D eigenvalue weighted by atomic mass is 9.76. The minimum Gasteiger partial charge on any atom is -0.465 e. The number of hydroxylamine groups is 2. The van der Waals surface area contributed by atoms with E-state index in [1.165, 1.54) is 0 Å². The second-order valence-electron chi connectivity index (χ2n) is 11.8. The van der Waals surface area contributed by atoms with E-state index in [1.54, 1.807) is 0 Å². The molecule has 2 fully saturated rings. The Balaban J connectivity index is 1.55. The molecule has 38 heavy (non-hydrogen) atoms. The van der Waals surface area contributed by atoms with E-state index in [0.717, 1.165) is 30.9 Å². The predicted octanol–water partition coefficient (Wildman–Crippen LogP) is 3.92. The van der Waals surface area contributed by atoms with Gasteiger partial charge in [-0.2, -0.15) is 0 Å². The molecule has 2 heterocycles. The first-order valence-electron chi connectivity index (χ1n) is 14.2. The third-order valence-electron chi connectivity index (χ3n) is 7.28. The van der Waals surface area contributed by atoms with Crippen molar-refractivity contribution in [3.05, 3.63) is 0 Å². The van der Waals surface area contributed by atoms with Crippen LogP contribution in [0.5, 0.6) is 0 Å². The number of nitrogens with zero attached hydrogens (tertiary/aromatic N) is 1. The van der Waals surface area contributed by atoms with Crippen molar-refractivity contribution in [2.75, 3.05) is 72.7 Å². The van der Waals surface area contributed by atoms with Gasteiger partial charge >= 0.3 is 5.97 Å². The number of carbonyl (C=O) groups excluding carboxylic acids is 1. The Morgan fingerprint density at radius 1 is 0.763 bits per heavy atom. The molecule has 0 bridgehead atoms. The van der Waals surface area contributed by atoms with Gasteiger partial charge in [-0.15, -0.1) is 10.3 Å². The Morgan fingerprint density at radius 2 is 1.24 bits per heavy atom. The highest BCUT2D eigenvalue weighted by atomic mass is 16.7. The second-order valence-corrected chi connectivity index (χ2v) is 11.8. The summed E-state index contributed by atoms with van der Waals surface area (Å²) in [6, 6.07) is 0. The molecule has 10 heteroatoms. The van der Waals surface area contributed by atoms with Crippen molar-refractivity contribution in [3.8, 4) is 0 Å². The quantitative estimate of drug-likeness (QED) is 0.187. The number of carbonyl (C=O) groups is 1. The minimum absolute atomic E-state index is 0.175. The molecule has 2 aliphatic heterocycles. The van der Waals surface area contributed by atoms with E-state index in [-0.39, 0.29) is 25.6 Å². The maximum atomic E-state index is 12.7. The number of ether oxygens (including phenoxy) is 7. The van der Waals surface area contributed by atoms with Crippen molar-refractivity contribution in [2.24, 2.45) is 5.41 Å². The molecule has 0 saturated carbocycles. The maximum Gasteiger partial charge on any atom is 0.308 e. The molecule has 0 aromatic heterocycles. The first-order chi connectivity index (χ1) is 18.0. The van der Waals surface area contributed by atoms with Crippen molar-refractivity contribution >= 4 is 5.97 Å². The van der Waals surface area contributed by atoms with E-state index < -0.39 is 22.3 Å². The molecule has 0 aromatic carbocycles. The molecular formula is C28H52NO9. The van der Waals surface area contributed by atoms with Crippen molar-refractivity contribution in [1.82, 2.24) is 5.06 Å². The number of hydrogen-bond acceptors (Lipinski definition) is 9. The summed E-state index contributed by atoms with van der Waals surface area (Å²) < 4.78 is 40.0. The van der Waals surface area contributed by atoms with Crippen LogP contribution in [0.2, 0.25) is 0 Å². The first-order valence-corrected chi connectivity index (χ1v) is 14.2. The van der Waals surface area contributed by atoms with Crippen LogP contribution in [0.3, 0.4) is 0 Å². The average molecular weight is 547 g/mol. The van der Waals surface area contributed by atoms with Gasteiger partial charge in [-0.1, -0.05) is 20.3 Å². The topological polar surface area (TPSA) is 105 Å². The van der Waals surface area contributed by atoms with Gasteiger partial charge in [0.05, 0.1) is 71.3 Å². The lowest BCUT2D eigenvalue weighted by Crippen LogP contribution is -2.67. The molecule has 2 aliphatic rings. The summed E-state index contributed by atoms with van der Waals surface area (Å²) in [7, 11) is 0. The summed E-state index contributed by atoms with van der Waals surface area (Å²) in [5, 5.41) is 13.9. The van der Waals surface area contributed by atoms with E-state index >= 15 is 0 Å². The SMILES string of the molecule is CCCCOCCOCCOCCOCCC(=O)OCC1(CC)COC2(CC(C)(C)N([O])C(C)(C)C2)OC1. The van der Waals surface area contributed by atoms with Crippen LogP contribution >= 0.6 is 0 Å². The number of piperidine rings is 1. The fourth-order valence-corrected chi connectivity index (χ4v) is 5.06. The van der Waals surface area contributed by atoms with Crippen LogP contribution < -0.4 is 0 Å². The molecule has 223 valence electrons. The molecule has 0 unspecified atom stereocenters. The third-order valence-corrected chi connectivity index (χ3v) is 7.28. The summed E-state index contributed by atoms with van der Waals surface area (Å²) in [6.45, 7) is 17.1. The summed E-state index contributed by atoms with van der Waals surface area (Å²) in [6.07, 6.45) is 4.12. The fraction of sp³-hybridized carbons (Fsp3) is 0.964. The van der Waals surface area contributed by atoms with Crippen LogP contribution in [0.4, 0.5) is 0 Å². The normalized spacial score (nSPS) is 22.0. The van der Waals surface area contributed by atoms with E-state index in [0.29, 0.717) is 65.7 Å². The zero-order chi connectivity index (χ0) is 28.1. The Kier molecular flexibility index (Phi) is 13.9. The Bertz CT molecular complexity index is 657. The van der Waals surface area contributed by atoms with Crippen molar-refractivity contribution in [2.45, 2.75) is 96.9 Å². The van der Waals surface area contributed by atoms with Gasteiger partial charge in [-0.05, 0) is 40.5 Å². The second kappa shape index (κ2) is 15.8. The van der Waals surface area contributed by atoms with E-state index in [9.17, 15) is 10.0 Å². The zero-order valence-corrected chi connectivity index (χ0v) is 24.6. The fourth-order valence-electron chi connectivity index (χ4n) is 5.06. The van der Waals surface area contributed by atoms with E-state index in [4.69, 9.17) is 33.2 Å². The Hall–Kier alpha value is -0.850. The van der Waals surface area contributed by atoms with Crippen LogP contribution in [-0.2, 0) is 43.2 Å². The lowest BCUT2D eigenvalue weighted by molar-refractivity contribution is -0.387. The van der Waals surface area contributed by atoms with Crippen LogP contribution in [0.25, 0.3) is 0 Å². The monoisotopic (exact) mass is 546 g/mol. The van der Waals surface area contributed by atoms with Crippen LogP contribution in [0, 0.1) is 5.41 Å². The molecule has 0 atom stereocenters. The molecule has 0 aromatic rings. The standard InChI is InChI=1S/C28H52NO9/c1-7-9-11-32-13-15-34-17-18-35-16-14-33-12-10-24(30)36-21-27(8-2)22-37-28(38-23-27)19-25(3,4)29(31)26(5,6)20-28/h7-23H2,1-6H3. The van der Waals surface area contributed by atoms with E-state index in [1.807, 2.05) is 34.6 Å². The largest absolute Gasteiger partial charge is 0.465 e. The molecule has 1 spiro atoms. The summed E-state index contributed by atoms with van der Waals surface area (Å²) in [4.78, 5) is 12.3. The van der Waals surface area contributed by atoms with Gasteiger partial charge < -0.3 is 33.2 Å². The predicted molar refractivity (Wildman–Crippen MR) is 141 cm³/mol. The molecule has 0 N–H and O–H groups in total. The zero-order valence-electron chi connectivity index (χ0n) is 24.6. The molecule has 2 rings (SSSR count). The third kappa shape index (κ3) is 10.6. The van der Waals surface area contributed by atoms with Gasteiger partial charge in [0.15, 0.2) is 5.79 Å². The van der Waals surface area contributed by atoms with Gasteiger partial charge in [-0.3, -0.25) is 4.79 Å². The van der Waals surface area contributed by atoms with Crippen LogP contribution in [-0.4, -0.2) is 101 Å². The average Bonchev–Trinajstić information content (AvgIpc) is 2.87. The van der Waals surface area contributed by atoms with Gasteiger partial charge in [0, 0.05) is 30.5 Å². The molecule has 2 saturated heterocycles. The summed E-state index contributed by atoms with van der Waals surface area (Å²) in [5.74, 6) is -1.10. The molecule has 10 nitrogen and oxygen atoms in total. The molecular weight excluding hydrogens is 494 g/mol. The summed E-state index contributed by atoms with van der Waals surface area (Å²) in [5.41, 5.74) is -1.59. The first kappa shape index (κ1) is 33.4.